The molecule has 7 heteroatoms. The van der Waals surface area contributed by atoms with Crippen LogP contribution in [0.2, 0.25) is 5.02 Å². The number of allylic oxidation sites excluding steroid dienone is 2. The number of carbonyl (C=O) groups is 1. The number of halogens is 1. The second kappa shape index (κ2) is 5.67. The van der Waals surface area contributed by atoms with Crippen LogP contribution in [-0.4, -0.2) is 34.8 Å². The average Bonchev–Trinajstić information content (AvgIpc) is 2.46. The molecular formula is C14H12ClNO5. The van der Waals surface area contributed by atoms with Crippen molar-refractivity contribution in [1.29, 1.82) is 0 Å². The smallest absolute Gasteiger partial charge is 0.392 e. The van der Waals surface area contributed by atoms with Gasteiger partial charge in [-0.1, -0.05) is 35.9 Å². The van der Waals surface area contributed by atoms with Gasteiger partial charge in [-0.15, -0.1) is 0 Å². The summed E-state index contributed by atoms with van der Waals surface area (Å²) in [5.41, 5.74) is -1.64. The standard InChI is InChI=1S/C14H12ClNO5/c1-21-13(18)14(16(19)20)7-3-6-11(12(14)17)9-4-2-5-10(15)8-9/h2-8,12,17H,1H3. The molecule has 0 fully saturated rings. The number of hydrogen-bond donors (Lipinski definition) is 1. The molecule has 0 aromatic heterocycles. The average molecular weight is 310 g/mol. The van der Waals surface area contributed by atoms with Crippen molar-refractivity contribution in [2.24, 2.45) is 0 Å². The molecule has 0 aliphatic heterocycles. The van der Waals surface area contributed by atoms with Crippen molar-refractivity contribution >= 4 is 23.1 Å². The maximum absolute atomic E-state index is 11.9. The van der Waals surface area contributed by atoms with E-state index in [0.29, 0.717) is 10.6 Å². The predicted octanol–water partition coefficient (Wildman–Crippen LogP) is 1.84. The first-order valence-electron chi connectivity index (χ1n) is 6.00. The number of nitrogens with zero attached hydrogens (tertiary/aromatic N) is 1. The van der Waals surface area contributed by atoms with Gasteiger partial charge in [0.15, 0.2) is 6.10 Å². The number of nitro groups is 1. The summed E-state index contributed by atoms with van der Waals surface area (Å²) < 4.78 is 4.49. The summed E-state index contributed by atoms with van der Waals surface area (Å²) in [7, 11) is 1.03. The van der Waals surface area contributed by atoms with E-state index in [0.717, 1.165) is 13.2 Å². The minimum Gasteiger partial charge on any atom is -0.463 e. The molecule has 2 atom stereocenters. The van der Waals surface area contributed by atoms with Crippen LogP contribution in [0.1, 0.15) is 5.56 Å². The third-order valence-corrected chi connectivity index (χ3v) is 3.55. The van der Waals surface area contributed by atoms with E-state index in [1.165, 1.54) is 12.2 Å². The molecular weight excluding hydrogens is 298 g/mol. The van der Waals surface area contributed by atoms with E-state index in [1.54, 1.807) is 24.3 Å². The summed E-state index contributed by atoms with van der Waals surface area (Å²) in [6.07, 6.45) is 2.20. The Balaban J connectivity index is 2.53. The second-order valence-corrected chi connectivity index (χ2v) is 4.90. The Morgan fingerprint density at radius 1 is 1.52 bits per heavy atom. The predicted molar refractivity (Wildman–Crippen MR) is 76.3 cm³/mol. The number of ether oxygens (including phenoxy) is 1. The second-order valence-electron chi connectivity index (χ2n) is 4.47. The summed E-state index contributed by atoms with van der Waals surface area (Å²) in [5, 5.41) is 22.2. The molecule has 1 aliphatic carbocycles. The molecule has 6 nitrogen and oxygen atoms in total. The lowest BCUT2D eigenvalue weighted by molar-refractivity contribution is -0.549. The van der Waals surface area contributed by atoms with Gasteiger partial charge in [-0.3, -0.25) is 10.1 Å². The number of benzene rings is 1. The molecule has 0 bridgehead atoms. The number of aliphatic hydroxyl groups excluding tert-OH is 1. The third-order valence-electron chi connectivity index (χ3n) is 3.31. The number of methoxy groups -OCH3 is 1. The van der Waals surface area contributed by atoms with Crippen LogP contribution in [0.3, 0.4) is 0 Å². The first-order valence-corrected chi connectivity index (χ1v) is 6.37. The molecule has 0 amide bonds. The van der Waals surface area contributed by atoms with Crippen molar-refractivity contribution in [3.05, 3.63) is 63.2 Å². The number of aliphatic hydroxyl groups is 1. The molecule has 1 aromatic carbocycles. The van der Waals surface area contributed by atoms with Gasteiger partial charge in [0.05, 0.1) is 7.11 Å². The first kappa shape index (κ1) is 15.2. The molecule has 0 saturated heterocycles. The van der Waals surface area contributed by atoms with Gasteiger partial charge in [-0.25, -0.2) is 4.79 Å². The van der Waals surface area contributed by atoms with Gasteiger partial charge in [-0.2, -0.15) is 0 Å². The van der Waals surface area contributed by atoms with Crippen molar-refractivity contribution in [1.82, 2.24) is 0 Å². The lowest BCUT2D eigenvalue weighted by atomic mass is 9.81. The van der Waals surface area contributed by atoms with Gasteiger partial charge in [0.1, 0.15) is 0 Å². The molecule has 1 aliphatic rings. The Hall–Kier alpha value is -2.18. The number of esters is 1. The largest absolute Gasteiger partial charge is 0.463 e. The van der Waals surface area contributed by atoms with E-state index >= 15 is 0 Å². The van der Waals surface area contributed by atoms with Crippen molar-refractivity contribution < 1.29 is 19.6 Å². The molecule has 2 rings (SSSR count). The van der Waals surface area contributed by atoms with Gasteiger partial charge in [-0.05, 0) is 23.3 Å². The Bertz CT molecular complexity index is 655. The minimum atomic E-state index is -2.36. The van der Waals surface area contributed by atoms with Gasteiger partial charge >= 0.3 is 11.5 Å². The topological polar surface area (TPSA) is 89.7 Å². The van der Waals surface area contributed by atoms with Crippen LogP contribution in [0.15, 0.2) is 42.5 Å². The fraction of sp³-hybridized carbons (Fsp3) is 0.214. The summed E-state index contributed by atoms with van der Waals surface area (Å²) in [6.45, 7) is 0. The fourth-order valence-electron chi connectivity index (χ4n) is 2.22. The fourth-order valence-corrected chi connectivity index (χ4v) is 2.41. The molecule has 2 unspecified atom stereocenters. The minimum absolute atomic E-state index is 0.224. The molecule has 110 valence electrons. The number of rotatable bonds is 3. The van der Waals surface area contributed by atoms with Crippen LogP contribution in [0.5, 0.6) is 0 Å². The van der Waals surface area contributed by atoms with Crippen LogP contribution < -0.4 is 0 Å². The van der Waals surface area contributed by atoms with Crippen molar-refractivity contribution in [2.75, 3.05) is 7.11 Å². The molecule has 1 aromatic rings. The monoisotopic (exact) mass is 309 g/mol. The van der Waals surface area contributed by atoms with E-state index in [1.807, 2.05) is 0 Å². The highest BCUT2D eigenvalue weighted by Crippen LogP contribution is 2.34. The lowest BCUT2D eigenvalue weighted by Crippen LogP contribution is -2.56. The molecule has 0 radical (unpaired) electrons. The van der Waals surface area contributed by atoms with E-state index < -0.39 is 22.5 Å². The Morgan fingerprint density at radius 2 is 2.24 bits per heavy atom. The van der Waals surface area contributed by atoms with Gasteiger partial charge < -0.3 is 9.84 Å². The van der Waals surface area contributed by atoms with Gasteiger partial charge in [0.25, 0.3) is 0 Å². The Kier molecular flexibility index (Phi) is 4.11. The van der Waals surface area contributed by atoms with Crippen LogP contribution in [0, 0.1) is 10.1 Å². The molecule has 0 heterocycles. The summed E-state index contributed by atoms with van der Waals surface area (Å²) in [5.74, 6) is -1.14. The lowest BCUT2D eigenvalue weighted by Gasteiger charge is -2.28. The zero-order chi connectivity index (χ0) is 15.6. The number of carbonyl (C=O) groups excluding carboxylic acids is 1. The van der Waals surface area contributed by atoms with Crippen molar-refractivity contribution in [2.45, 2.75) is 11.6 Å². The highest BCUT2D eigenvalue weighted by molar-refractivity contribution is 6.30. The summed E-state index contributed by atoms with van der Waals surface area (Å²) in [6, 6.07) is 6.48. The quantitative estimate of drug-likeness (QED) is 0.523. The molecule has 1 N–H and O–H groups in total. The van der Waals surface area contributed by atoms with Crippen LogP contribution in [0.4, 0.5) is 0 Å². The number of hydrogen-bond acceptors (Lipinski definition) is 5. The maximum Gasteiger partial charge on any atom is 0.392 e. The highest BCUT2D eigenvalue weighted by atomic mass is 35.5. The van der Waals surface area contributed by atoms with E-state index in [4.69, 9.17) is 11.6 Å². The summed E-state index contributed by atoms with van der Waals surface area (Å²) in [4.78, 5) is 22.4. The zero-order valence-corrected chi connectivity index (χ0v) is 11.8. The van der Waals surface area contributed by atoms with E-state index in [2.05, 4.69) is 4.74 Å². The van der Waals surface area contributed by atoms with Gasteiger partial charge in [0.2, 0.25) is 0 Å². The van der Waals surface area contributed by atoms with Crippen LogP contribution >= 0.6 is 11.6 Å². The zero-order valence-electron chi connectivity index (χ0n) is 11.0. The van der Waals surface area contributed by atoms with Gasteiger partial charge in [0, 0.05) is 16.0 Å². The van der Waals surface area contributed by atoms with Crippen LogP contribution in [-0.2, 0) is 9.53 Å². The summed E-state index contributed by atoms with van der Waals surface area (Å²) >= 11 is 5.88. The van der Waals surface area contributed by atoms with Crippen molar-refractivity contribution in [3.63, 3.8) is 0 Å². The molecule has 21 heavy (non-hydrogen) atoms. The third kappa shape index (κ3) is 2.43. The molecule has 0 spiro atoms. The first-order chi connectivity index (χ1) is 9.93. The van der Waals surface area contributed by atoms with Crippen LogP contribution in [0.25, 0.3) is 5.57 Å². The maximum atomic E-state index is 11.9. The normalized spacial score (nSPS) is 24.3. The van der Waals surface area contributed by atoms with E-state index in [9.17, 15) is 20.0 Å². The van der Waals surface area contributed by atoms with Crippen molar-refractivity contribution in [3.8, 4) is 0 Å². The van der Waals surface area contributed by atoms with E-state index in [-0.39, 0.29) is 5.57 Å². The molecule has 0 saturated carbocycles. The SMILES string of the molecule is COC(=O)C1([N+](=O)[O-])C=CC=C(c2cccc(Cl)c2)C1O. The Labute approximate surface area is 125 Å². The highest BCUT2D eigenvalue weighted by Gasteiger charge is 2.59. The Morgan fingerprint density at radius 3 is 2.81 bits per heavy atom.